The van der Waals surface area contributed by atoms with Crippen LogP contribution in [0.15, 0.2) is 76.4 Å². The maximum Gasteiger partial charge on any atom is 0.379 e. The molecule has 7 heteroatoms. The number of nitrogens with one attached hydrogen (secondary N) is 1. The number of hydrogen-bond acceptors (Lipinski definition) is 6. The molecule has 3 rings (SSSR count). The van der Waals surface area contributed by atoms with Crippen LogP contribution < -0.4 is 14.9 Å². The normalized spacial score (nSPS) is 11.9. The van der Waals surface area contributed by atoms with Crippen LogP contribution >= 0.6 is 0 Å². The van der Waals surface area contributed by atoms with Gasteiger partial charge in [-0.2, -0.15) is 5.10 Å². The lowest BCUT2D eigenvalue weighted by atomic mass is 9.72. The van der Waals surface area contributed by atoms with Gasteiger partial charge in [0.1, 0.15) is 11.5 Å². The lowest BCUT2D eigenvalue weighted by Crippen LogP contribution is -2.25. The second-order valence-electron chi connectivity index (χ2n) is 10.2. The summed E-state index contributed by atoms with van der Waals surface area (Å²) in [6, 6.07) is 17.7. The molecule has 0 unspecified atom stereocenters. The van der Waals surface area contributed by atoms with Crippen LogP contribution in [0.5, 0.6) is 11.5 Å². The van der Waals surface area contributed by atoms with Gasteiger partial charge in [0, 0.05) is 0 Å². The van der Waals surface area contributed by atoms with E-state index in [9.17, 15) is 9.59 Å². The summed E-state index contributed by atoms with van der Waals surface area (Å²) in [6.07, 6.45) is 3.95. The number of rotatable bonds is 9. The number of hydrogen-bond donors (Lipinski definition) is 1. The minimum Gasteiger partial charge on any atom is -0.484 e. The first-order chi connectivity index (χ1) is 16.5. The van der Waals surface area contributed by atoms with Crippen molar-refractivity contribution in [2.24, 2.45) is 10.5 Å². The molecular weight excluding hydrogens is 444 g/mol. The summed E-state index contributed by atoms with van der Waals surface area (Å²) in [5.74, 6) is 0.170. The Hall–Kier alpha value is -3.87. The summed E-state index contributed by atoms with van der Waals surface area (Å²) in [7, 11) is 0. The Bertz CT molecular complexity index is 1140. The van der Waals surface area contributed by atoms with Gasteiger partial charge >= 0.3 is 5.97 Å². The van der Waals surface area contributed by atoms with Gasteiger partial charge in [-0.05, 0) is 76.9 Å². The van der Waals surface area contributed by atoms with E-state index in [-0.39, 0.29) is 29.1 Å². The molecule has 0 saturated heterocycles. The predicted molar refractivity (Wildman–Crippen MR) is 135 cm³/mol. The fourth-order valence-corrected chi connectivity index (χ4v) is 3.96. The third-order valence-electron chi connectivity index (χ3n) is 5.19. The maximum atomic E-state index is 12.1. The number of esters is 1. The van der Waals surface area contributed by atoms with Crippen molar-refractivity contribution in [2.45, 2.75) is 46.5 Å². The van der Waals surface area contributed by atoms with E-state index in [0.29, 0.717) is 11.5 Å². The van der Waals surface area contributed by atoms with Crippen molar-refractivity contribution in [3.05, 3.63) is 83.8 Å². The highest BCUT2D eigenvalue weighted by Gasteiger charge is 2.27. The Balaban J connectivity index is 1.44. The minimum atomic E-state index is -0.577. The zero-order chi connectivity index (χ0) is 25.5. The van der Waals surface area contributed by atoms with Crippen molar-refractivity contribution in [2.75, 3.05) is 6.61 Å². The van der Waals surface area contributed by atoms with Crippen LogP contribution in [-0.4, -0.2) is 24.7 Å². The summed E-state index contributed by atoms with van der Waals surface area (Å²) in [5.41, 5.74) is 4.66. The molecule has 0 aliphatic heterocycles. The smallest absolute Gasteiger partial charge is 0.379 e. The molecule has 0 radical (unpaired) electrons. The third-order valence-corrected chi connectivity index (χ3v) is 5.19. The quantitative estimate of drug-likeness (QED) is 0.184. The molecule has 1 aromatic heterocycles. The van der Waals surface area contributed by atoms with Crippen LogP contribution in [0.25, 0.3) is 0 Å². The molecule has 0 fully saturated rings. The molecule has 1 heterocycles. The van der Waals surface area contributed by atoms with Crippen LogP contribution in [0.2, 0.25) is 0 Å². The summed E-state index contributed by atoms with van der Waals surface area (Å²) in [4.78, 5) is 23.9. The lowest BCUT2D eigenvalue weighted by molar-refractivity contribution is -0.123. The molecule has 2 aromatic carbocycles. The number of ether oxygens (including phenoxy) is 2. The number of carbonyl (C=O) groups is 2. The summed E-state index contributed by atoms with van der Waals surface area (Å²) in [6.45, 7) is 11.0. The fraction of sp³-hybridized carbons (Fsp3) is 0.321. The number of nitrogens with zero attached hydrogens (tertiary/aromatic N) is 1. The van der Waals surface area contributed by atoms with Crippen LogP contribution in [0, 0.1) is 5.41 Å². The third kappa shape index (κ3) is 8.14. The first-order valence-electron chi connectivity index (χ1n) is 11.4. The number of hydrazone groups is 1. The van der Waals surface area contributed by atoms with Crippen LogP contribution in [0.3, 0.4) is 0 Å². The lowest BCUT2D eigenvalue weighted by Gasteiger charge is -2.33. The average Bonchev–Trinajstić information content (AvgIpc) is 3.33. The molecule has 184 valence electrons. The van der Waals surface area contributed by atoms with Crippen molar-refractivity contribution in [3.63, 3.8) is 0 Å². The molecule has 0 aliphatic carbocycles. The summed E-state index contributed by atoms with van der Waals surface area (Å²) >= 11 is 0. The van der Waals surface area contributed by atoms with E-state index in [1.54, 1.807) is 30.3 Å². The SMILES string of the molecule is CC(C)(C)CC(C)(C)c1ccc(OCC(=O)NN=Cc2ccc(OC(=O)c3ccco3)cc2)cc1. The molecule has 1 amide bonds. The molecule has 7 nitrogen and oxygen atoms in total. The van der Waals surface area contributed by atoms with Gasteiger partial charge in [0.15, 0.2) is 6.61 Å². The van der Waals surface area contributed by atoms with E-state index in [4.69, 9.17) is 13.9 Å². The maximum absolute atomic E-state index is 12.1. The number of amides is 1. The molecule has 35 heavy (non-hydrogen) atoms. The van der Waals surface area contributed by atoms with Crippen LogP contribution in [-0.2, 0) is 10.2 Å². The monoisotopic (exact) mass is 476 g/mol. The zero-order valence-electron chi connectivity index (χ0n) is 20.8. The Morgan fingerprint density at radius 1 is 0.943 bits per heavy atom. The van der Waals surface area contributed by atoms with Gasteiger partial charge in [0.25, 0.3) is 5.91 Å². The number of furan rings is 1. The highest BCUT2D eigenvalue weighted by Crippen LogP contribution is 2.36. The molecule has 0 atom stereocenters. The standard InChI is InChI=1S/C28H32N2O5/c1-27(2,3)19-28(4,5)21-10-14-22(15-11-21)34-18-25(31)30-29-17-20-8-12-23(13-9-20)35-26(32)24-7-6-16-33-24/h6-17H,18-19H2,1-5H3,(H,30,31). The predicted octanol–water partition coefficient (Wildman–Crippen LogP) is 5.74. The van der Waals surface area contributed by atoms with Crippen LogP contribution in [0.4, 0.5) is 0 Å². The molecule has 3 aromatic rings. The van der Waals surface area contributed by atoms with Gasteiger partial charge < -0.3 is 13.9 Å². The van der Waals surface area contributed by atoms with E-state index >= 15 is 0 Å². The number of carbonyl (C=O) groups excluding carboxylic acids is 2. The number of benzene rings is 2. The average molecular weight is 477 g/mol. The Labute approximate surface area is 206 Å². The Kier molecular flexibility index (Phi) is 8.12. The van der Waals surface area contributed by atoms with E-state index < -0.39 is 5.97 Å². The van der Waals surface area contributed by atoms with E-state index in [2.05, 4.69) is 45.1 Å². The van der Waals surface area contributed by atoms with Crippen molar-refractivity contribution in [3.8, 4) is 11.5 Å². The first kappa shape index (κ1) is 25.7. The molecule has 0 spiro atoms. The highest BCUT2D eigenvalue weighted by molar-refractivity contribution is 5.88. The molecule has 0 saturated carbocycles. The molecule has 1 N–H and O–H groups in total. The Morgan fingerprint density at radius 2 is 1.60 bits per heavy atom. The second-order valence-corrected chi connectivity index (χ2v) is 10.2. The topological polar surface area (TPSA) is 90.1 Å². The van der Waals surface area contributed by atoms with Gasteiger partial charge in [0.2, 0.25) is 5.76 Å². The van der Waals surface area contributed by atoms with Crippen molar-refractivity contribution in [1.82, 2.24) is 5.43 Å². The zero-order valence-corrected chi connectivity index (χ0v) is 20.8. The first-order valence-corrected chi connectivity index (χ1v) is 11.4. The van der Waals surface area contributed by atoms with Crippen LogP contribution in [0.1, 0.15) is 62.7 Å². The second kappa shape index (κ2) is 11.0. The fourth-order valence-electron chi connectivity index (χ4n) is 3.96. The summed E-state index contributed by atoms with van der Waals surface area (Å²) < 4.78 is 15.8. The van der Waals surface area contributed by atoms with Gasteiger partial charge in [-0.1, -0.05) is 46.8 Å². The molecule has 0 bridgehead atoms. The molecular formula is C28H32N2O5. The summed E-state index contributed by atoms with van der Waals surface area (Å²) in [5, 5.41) is 3.94. The highest BCUT2D eigenvalue weighted by atomic mass is 16.5. The van der Waals surface area contributed by atoms with Gasteiger partial charge in [-0.3, -0.25) is 4.79 Å². The van der Waals surface area contributed by atoms with E-state index in [1.807, 2.05) is 24.3 Å². The van der Waals surface area contributed by atoms with Crippen molar-refractivity contribution < 1.29 is 23.5 Å². The van der Waals surface area contributed by atoms with E-state index in [0.717, 1.165) is 12.0 Å². The largest absolute Gasteiger partial charge is 0.484 e. The minimum absolute atomic E-state index is 0.0438. The van der Waals surface area contributed by atoms with Gasteiger partial charge in [0.05, 0.1) is 12.5 Å². The van der Waals surface area contributed by atoms with Gasteiger partial charge in [-0.25, -0.2) is 10.2 Å². The molecule has 0 aliphatic rings. The van der Waals surface area contributed by atoms with Gasteiger partial charge in [-0.15, -0.1) is 0 Å². The van der Waals surface area contributed by atoms with Crippen molar-refractivity contribution in [1.29, 1.82) is 0 Å². The van der Waals surface area contributed by atoms with E-state index in [1.165, 1.54) is 24.1 Å². The van der Waals surface area contributed by atoms with Crippen molar-refractivity contribution >= 4 is 18.1 Å². The Morgan fingerprint density at radius 3 is 2.20 bits per heavy atom.